The number of thioether (sulfide) groups is 1. The summed E-state index contributed by atoms with van der Waals surface area (Å²) in [5, 5.41) is 5.99. The highest BCUT2D eigenvalue weighted by molar-refractivity contribution is 8.04. The van der Waals surface area contributed by atoms with Gasteiger partial charge < -0.3 is 10.6 Å². The standard InChI is InChI=1S/C27H26N2O2S/c1-18-8-11-21(12-9-18)16-25-27(31)29-23-17-22(14-15-24(23)32-25)26(30)28-19(2)10-13-20-6-4-3-5-7-20/h3-9,11-12,14-17,19H,10,13H2,1-2H3,(H,28,30)(H,29,31)/b25-16+. The molecule has 0 aliphatic carbocycles. The number of anilines is 1. The van der Waals surface area contributed by atoms with E-state index in [-0.39, 0.29) is 17.9 Å². The van der Waals surface area contributed by atoms with Gasteiger partial charge in [-0.1, -0.05) is 71.9 Å². The number of benzene rings is 3. The van der Waals surface area contributed by atoms with Crippen LogP contribution >= 0.6 is 11.8 Å². The van der Waals surface area contributed by atoms with Gasteiger partial charge in [0.25, 0.3) is 11.8 Å². The van der Waals surface area contributed by atoms with Crippen LogP contribution in [0, 0.1) is 6.92 Å². The van der Waals surface area contributed by atoms with Crippen LogP contribution in [0.4, 0.5) is 5.69 Å². The maximum Gasteiger partial charge on any atom is 0.262 e. The van der Waals surface area contributed by atoms with Gasteiger partial charge in [-0.25, -0.2) is 0 Å². The van der Waals surface area contributed by atoms with Crippen molar-refractivity contribution in [2.24, 2.45) is 0 Å². The first-order chi connectivity index (χ1) is 15.5. The van der Waals surface area contributed by atoms with Crippen molar-refractivity contribution in [2.45, 2.75) is 37.6 Å². The molecule has 0 saturated heterocycles. The molecule has 0 saturated carbocycles. The summed E-state index contributed by atoms with van der Waals surface area (Å²) < 4.78 is 0. The zero-order valence-corrected chi connectivity index (χ0v) is 19.0. The van der Waals surface area contributed by atoms with Crippen molar-refractivity contribution in [1.82, 2.24) is 5.32 Å². The molecule has 1 heterocycles. The summed E-state index contributed by atoms with van der Waals surface area (Å²) in [6, 6.07) is 23.8. The lowest BCUT2D eigenvalue weighted by atomic mass is 10.1. The third-order valence-electron chi connectivity index (χ3n) is 5.40. The minimum atomic E-state index is -0.156. The van der Waals surface area contributed by atoms with Crippen LogP contribution in [0.3, 0.4) is 0 Å². The van der Waals surface area contributed by atoms with E-state index in [1.54, 1.807) is 6.07 Å². The SMILES string of the molecule is Cc1ccc(/C=C2/Sc3ccc(C(=O)NC(C)CCc4ccccc4)cc3NC2=O)cc1. The first-order valence-electron chi connectivity index (χ1n) is 10.7. The third kappa shape index (κ3) is 5.48. The molecule has 0 aromatic heterocycles. The average Bonchev–Trinajstić information content (AvgIpc) is 2.80. The highest BCUT2D eigenvalue weighted by Crippen LogP contribution is 2.39. The van der Waals surface area contributed by atoms with Crippen LogP contribution in [0.15, 0.2) is 82.6 Å². The van der Waals surface area contributed by atoms with Gasteiger partial charge in [0.1, 0.15) is 0 Å². The zero-order valence-electron chi connectivity index (χ0n) is 18.2. The lowest BCUT2D eigenvalue weighted by molar-refractivity contribution is -0.112. The highest BCUT2D eigenvalue weighted by Gasteiger charge is 2.22. The van der Waals surface area contributed by atoms with Gasteiger partial charge in [0.15, 0.2) is 0 Å². The van der Waals surface area contributed by atoms with E-state index in [2.05, 4.69) is 22.8 Å². The van der Waals surface area contributed by atoms with Crippen molar-refractivity contribution >= 4 is 35.3 Å². The molecule has 0 bridgehead atoms. The molecule has 4 rings (SSSR count). The molecule has 1 aliphatic rings. The number of amides is 2. The molecule has 4 nitrogen and oxygen atoms in total. The number of aryl methyl sites for hydroxylation is 2. The van der Waals surface area contributed by atoms with Crippen LogP contribution in [0.1, 0.15) is 40.4 Å². The van der Waals surface area contributed by atoms with Crippen molar-refractivity contribution in [1.29, 1.82) is 0 Å². The summed E-state index contributed by atoms with van der Waals surface area (Å²) in [7, 11) is 0. The van der Waals surface area contributed by atoms with E-state index in [1.807, 2.05) is 74.5 Å². The Bertz CT molecular complexity index is 1150. The predicted molar refractivity (Wildman–Crippen MR) is 132 cm³/mol. The van der Waals surface area contributed by atoms with Gasteiger partial charge in [-0.2, -0.15) is 0 Å². The molecule has 5 heteroatoms. The quantitative estimate of drug-likeness (QED) is 0.472. The molecule has 2 N–H and O–H groups in total. The summed E-state index contributed by atoms with van der Waals surface area (Å²) in [4.78, 5) is 26.9. The lowest BCUT2D eigenvalue weighted by Crippen LogP contribution is -2.33. The van der Waals surface area contributed by atoms with E-state index in [1.165, 1.54) is 22.9 Å². The van der Waals surface area contributed by atoms with Crippen LogP contribution in [-0.2, 0) is 11.2 Å². The zero-order chi connectivity index (χ0) is 22.5. The van der Waals surface area contributed by atoms with Crippen molar-refractivity contribution in [3.8, 4) is 0 Å². The van der Waals surface area contributed by atoms with Gasteiger partial charge in [-0.05, 0) is 62.1 Å². The molecular formula is C27H26N2O2S. The van der Waals surface area contributed by atoms with E-state index < -0.39 is 0 Å². The summed E-state index contributed by atoms with van der Waals surface area (Å²) >= 11 is 1.42. The Kier molecular flexibility index (Phi) is 6.76. The second-order valence-electron chi connectivity index (χ2n) is 8.09. The number of hydrogen-bond acceptors (Lipinski definition) is 3. The normalized spacial score (nSPS) is 15.1. The summed E-state index contributed by atoms with van der Waals surface area (Å²) in [6.45, 7) is 4.05. The average molecular weight is 443 g/mol. The molecule has 162 valence electrons. The summed E-state index contributed by atoms with van der Waals surface area (Å²) in [6.07, 6.45) is 3.66. The van der Waals surface area contributed by atoms with Crippen molar-refractivity contribution in [2.75, 3.05) is 5.32 Å². The molecular weight excluding hydrogens is 416 g/mol. The third-order valence-corrected chi connectivity index (χ3v) is 6.49. The fourth-order valence-electron chi connectivity index (χ4n) is 3.52. The fourth-order valence-corrected chi connectivity index (χ4v) is 4.45. The Balaban J connectivity index is 1.40. The monoisotopic (exact) mass is 442 g/mol. The van der Waals surface area contributed by atoms with Crippen molar-refractivity contribution in [3.63, 3.8) is 0 Å². The molecule has 1 aliphatic heterocycles. The topological polar surface area (TPSA) is 58.2 Å². The lowest BCUT2D eigenvalue weighted by Gasteiger charge is -2.20. The van der Waals surface area contributed by atoms with Crippen molar-refractivity contribution in [3.05, 3.63) is 100.0 Å². The van der Waals surface area contributed by atoms with Crippen LogP contribution in [-0.4, -0.2) is 17.9 Å². The van der Waals surface area contributed by atoms with E-state index in [9.17, 15) is 9.59 Å². The smallest absolute Gasteiger partial charge is 0.262 e. The van der Waals surface area contributed by atoms with Gasteiger partial charge in [-0.3, -0.25) is 9.59 Å². The van der Waals surface area contributed by atoms with E-state index >= 15 is 0 Å². The van der Waals surface area contributed by atoms with Gasteiger partial charge in [-0.15, -0.1) is 0 Å². The molecule has 1 atom stereocenters. The Labute approximate surface area is 193 Å². The fraction of sp³-hybridized carbons (Fsp3) is 0.185. The van der Waals surface area contributed by atoms with Gasteiger partial charge in [0.05, 0.1) is 10.6 Å². The molecule has 1 unspecified atom stereocenters. The predicted octanol–water partition coefficient (Wildman–Crippen LogP) is 5.83. The van der Waals surface area contributed by atoms with E-state index in [0.717, 1.165) is 23.3 Å². The Morgan fingerprint density at radius 1 is 1.06 bits per heavy atom. The number of fused-ring (bicyclic) bond motifs is 1. The maximum atomic E-state index is 12.7. The van der Waals surface area contributed by atoms with Gasteiger partial charge >= 0.3 is 0 Å². The Morgan fingerprint density at radius 2 is 1.81 bits per heavy atom. The highest BCUT2D eigenvalue weighted by atomic mass is 32.2. The second kappa shape index (κ2) is 9.88. The van der Waals surface area contributed by atoms with Crippen LogP contribution in [0.25, 0.3) is 6.08 Å². The largest absolute Gasteiger partial charge is 0.350 e. The first kappa shape index (κ1) is 21.9. The molecule has 32 heavy (non-hydrogen) atoms. The molecule has 3 aromatic carbocycles. The van der Waals surface area contributed by atoms with Crippen LogP contribution in [0.2, 0.25) is 0 Å². The maximum absolute atomic E-state index is 12.7. The number of rotatable bonds is 6. The van der Waals surface area contributed by atoms with E-state index in [4.69, 9.17) is 0 Å². The number of hydrogen-bond donors (Lipinski definition) is 2. The van der Waals surface area contributed by atoms with Gasteiger partial charge in [0, 0.05) is 16.5 Å². The Hall–Kier alpha value is -3.31. The molecule has 0 fully saturated rings. The minimum absolute atomic E-state index is 0.0479. The number of nitrogens with one attached hydrogen (secondary N) is 2. The number of carbonyl (C=O) groups excluding carboxylic acids is 2. The van der Waals surface area contributed by atoms with Crippen molar-refractivity contribution < 1.29 is 9.59 Å². The molecule has 3 aromatic rings. The Morgan fingerprint density at radius 3 is 2.56 bits per heavy atom. The molecule has 0 radical (unpaired) electrons. The molecule has 0 spiro atoms. The first-order valence-corrected chi connectivity index (χ1v) is 11.6. The van der Waals surface area contributed by atoms with E-state index in [0.29, 0.717) is 16.2 Å². The second-order valence-corrected chi connectivity index (χ2v) is 9.17. The summed E-state index contributed by atoms with van der Waals surface area (Å²) in [5.41, 5.74) is 4.64. The number of carbonyl (C=O) groups is 2. The minimum Gasteiger partial charge on any atom is -0.350 e. The summed E-state index contributed by atoms with van der Waals surface area (Å²) in [5.74, 6) is -0.287. The van der Waals surface area contributed by atoms with Crippen LogP contribution < -0.4 is 10.6 Å². The van der Waals surface area contributed by atoms with Gasteiger partial charge in [0.2, 0.25) is 0 Å². The van der Waals surface area contributed by atoms with Crippen LogP contribution in [0.5, 0.6) is 0 Å². The molecule has 2 amide bonds.